The molecule has 0 saturated heterocycles. The van der Waals surface area contributed by atoms with E-state index < -0.39 is 9.84 Å². The van der Waals surface area contributed by atoms with Gasteiger partial charge in [-0.3, -0.25) is 4.79 Å². The Labute approximate surface area is 154 Å². The normalized spacial score (nSPS) is 12.7. The SMILES string of the molecule is C[C@@H](NC(=O)c1csc(-c2cccs2)n1)c1ccc(S(C)(=O)=O)cc1. The van der Waals surface area contributed by atoms with Crippen LogP contribution in [0.5, 0.6) is 0 Å². The number of thiophene rings is 1. The Morgan fingerprint density at radius 3 is 2.48 bits per heavy atom. The summed E-state index contributed by atoms with van der Waals surface area (Å²) in [6, 6.07) is 10.2. The van der Waals surface area contributed by atoms with Gasteiger partial charge in [-0.25, -0.2) is 13.4 Å². The molecule has 0 unspecified atom stereocenters. The molecule has 2 aromatic heterocycles. The first-order valence-corrected chi connectivity index (χ1v) is 11.1. The second kappa shape index (κ2) is 7.07. The van der Waals surface area contributed by atoms with Crippen LogP contribution in [0.1, 0.15) is 29.0 Å². The van der Waals surface area contributed by atoms with E-state index >= 15 is 0 Å². The van der Waals surface area contributed by atoms with Crippen molar-refractivity contribution in [3.63, 3.8) is 0 Å². The van der Waals surface area contributed by atoms with Gasteiger partial charge in [-0.1, -0.05) is 18.2 Å². The molecule has 0 saturated carbocycles. The maximum absolute atomic E-state index is 12.4. The monoisotopic (exact) mass is 392 g/mol. The molecule has 8 heteroatoms. The molecule has 1 N–H and O–H groups in total. The predicted molar refractivity (Wildman–Crippen MR) is 101 cm³/mol. The lowest BCUT2D eigenvalue weighted by atomic mass is 10.1. The van der Waals surface area contributed by atoms with E-state index in [9.17, 15) is 13.2 Å². The third-order valence-corrected chi connectivity index (χ3v) is 6.63. The standard InChI is InChI=1S/C17H16N2O3S3/c1-11(12-5-7-13(8-6-12)25(2,21)22)18-16(20)14-10-24-17(19-14)15-4-3-9-23-15/h3-11H,1-2H3,(H,18,20)/t11-/m1/s1. The number of rotatable bonds is 5. The van der Waals surface area contributed by atoms with Crippen LogP contribution in [-0.4, -0.2) is 25.6 Å². The lowest BCUT2D eigenvalue weighted by Crippen LogP contribution is -2.26. The molecular weight excluding hydrogens is 376 g/mol. The summed E-state index contributed by atoms with van der Waals surface area (Å²) in [5.74, 6) is -0.251. The summed E-state index contributed by atoms with van der Waals surface area (Å²) in [7, 11) is -3.23. The van der Waals surface area contributed by atoms with Crippen molar-refractivity contribution in [2.75, 3.05) is 6.26 Å². The first-order valence-electron chi connectivity index (χ1n) is 7.45. The Hall–Kier alpha value is -2.03. The fourth-order valence-electron chi connectivity index (χ4n) is 2.25. The number of nitrogens with zero attached hydrogens (tertiary/aromatic N) is 1. The molecule has 5 nitrogen and oxygen atoms in total. The molecule has 1 amide bonds. The number of sulfone groups is 1. The average Bonchev–Trinajstić information content (AvgIpc) is 3.25. The van der Waals surface area contributed by atoms with Crippen LogP contribution in [0.4, 0.5) is 0 Å². The van der Waals surface area contributed by atoms with E-state index in [4.69, 9.17) is 0 Å². The van der Waals surface area contributed by atoms with Gasteiger partial charge in [0.05, 0.1) is 15.8 Å². The first kappa shape index (κ1) is 17.8. The van der Waals surface area contributed by atoms with Crippen molar-refractivity contribution in [3.8, 4) is 9.88 Å². The molecule has 130 valence electrons. The number of nitrogens with one attached hydrogen (secondary N) is 1. The molecule has 0 aliphatic rings. The summed E-state index contributed by atoms with van der Waals surface area (Å²) in [4.78, 5) is 18.1. The largest absolute Gasteiger partial charge is 0.344 e. The zero-order chi connectivity index (χ0) is 18.0. The van der Waals surface area contributed by atoms with Gasteiger partial charge in [-0.05, 0) is 36.1 Å². The molecule has 0 spiro atoms. The minimum Gasteiger partial charge on any atom is -0.344 e. The zero-order valence-corrected chi connectivity index (χ0v) is 16.0. The van der Waals surface area contributed by atoms with Crippen LogP contribution in [-0.2, 0) is 9.84 Å². The number of thiazole rings is 1. The van der Waals surface area contributed by atoms with Gasteiger partial charge in [0, 0.05) is 11.6 Å². The number of hydrogen-bond donors (Lipinski definition) is 1. The molecule has 1 atom stereocenters. The summed E-state index contributed by atoms with van der Waals surface area (Å²) >= 11 is 3.02. The Morgan fingerprint density at radius 1 is 1.16 bits per heavy atom. The minimum atomic E-state index is -3.23. The van der Waals surface area contributed by atoms with E-state index in [1.807, 2.05) is 24.4 Å². The Bertz CT molecular complexity index is 975. The predicted octanol–water partition coefficient (Wildman–Crippen LogP) is 3.77. The van der Waals surface area contributed by atoms with Gasteiger partial charge in [0.2, 0.25) is 0 Å². The lowest BCUT2D eigenvalue weighted by molar-refractivity contribution is 0.0935. The molecule has 2 heterocycles. The molecule has 0 aliphatic heterocycles. The summed E-state index contributed by atoms with van der Waals surface area (Å²) in [5.41, 5.74) is 1.21. The van der Waals surface area contributed by atoms with Crippen molar-refractivity contribution in [3.05, 3.63) is 58.4 Å². The quantitative estimate of drug-likeness (QED) is 0.717. The van der Waals surface area contributed by atoms with Gasteiger partial charge >= 0.3 is 0 Å². The zero-order valence-electron chi connectivity index (χ0n) is 13.6. The van der Waals surface area contributed by atoms with Crippen molar-refractivity contribution in [2.24, 2.45) is 0 Å². The minimum absolute atomic E-state index is 0.251. The number of hydrogen-bond acceptors (Lipinski definition) is 6. The summed E-state index contributed by atoms with van der Waals surface area (Å²) < 4.78 is 23.0. The molecule has 3 rings (SSSR count). The highest BCUT2D eigenvalue weighted by Gasteiger charge is 2.16. The summed E-state index contributed by atoms with van der Waals surface area (Å²) in [5, 5.41) is 7.42. The van der Waals surface area contributed by atoms with Crippen LogP contribution in [0.2, 0.25) is 0 Å². The Morgan fingerprint density at radius 2 is 1.88 bits per heavy atom. The van der Waals surface area contributed by atoms with Crippen LogP contribution in [0.25, 0.3) is 9.88 Å². The van der Waals surface area contributed by atoms with E-state index in [1.165, 1.54) is 17.6 Å². The first-order chi connectivity index (χ1) is 11.8. The van der Waals surface area contributed by atoms with E-state index in [0.29, 0.717) is 5.69 Å². The highest BCUT2D eigenvalue weighted by atomic mass is 32.2. The van der Waals surface area contributed by atoms with Crippen molar-refractivity contribution in [1.29, 1.82) is 0 Å². The number of aromatic nitrogens is 1. The highest BCUT2D eigenvalue weighted by molar-refractivity contribution is 7.90. The van der Waals surface area contributed by atoms with Gasteiger partial charge in [0.15, 0.2) is 9.84 Å². The third-order valence-electron chi connectivity index (χ3n) is 3.62. The van der Waals surface area contributed by atoms with Crippen molar-refractivity contribution < 1.29 is 13.2 Å². The molecule has 0 fully saturated rings. The fraction of sp³-hybridized carbons (Fsp3) is 0.176. The van der Waals surface area contributed by atoms with E-state index in [-0.39, 0.29) is 16.8 Å². The van der Waals surface area contributed by atoms with Crippen LogP contribution < -0.4 is 5.32 Å². The maximum Gasteiger partial charge on any atom is 0.271 e. The molecule has 1 aromatic carbocycles. The molecule has 3 aromatic rings. The van der Waals surface area contributed by atoms with Crippen LogP contribution >= 0.6 is 22.7 Å². The topological polar surface area (TPSA) is 76.1 Å². The molecule has 0 bridgehead atoms. The number of amides is 1. The smallest absolute Gasteiger partial charge is 0.271 e. The van der Waals surface area contributed by atoms with Crippen molar-refractivity contribution >= 4 is 38.4 Å². The van der Waals surface area contributed by atoms with E-state index in [2.05, 4.69) is 10.3 Å². The lowest BCUT2D eigenvalue weighted by Gasteiger charge is -2.13. The number of carbonyl (C=O) groups excluding carboxylic acids is 1. The van der Waals surface area contributed by atoms with E-state index in [0.717, 1.165) is 15.4 Å². The molecule has 0 radical (unpaired) electrons. The van der Waals surface area contributed by atoms with Gasteiger partial charge in [0.25, 0.3) is 5.91 Å². The average molecular weight is 393 g/mol. The van der Waals surface area contributed by atoms with Crippen LogP contribution in [0.15, 0.2) is 52.1 Å². The number of carbonyl (C=O) groups is 1. The second-order valence-electron chi connectivity index (χ2n) is 5.55. The molecule has 0 aliphatic carbocycles. The van der Waals surface area contributed by atoms with Gasteiger partial charge < -0.3 is 5.32 Å². The van der Waals surface area contributed by atoms with Crippen LogP contribution in [0.3, 0.4) is 0 Å². The van der Waals surface area contributed by atoms with Gasteiger partial charge in [0.1, 0.15) is 10.7 Å². The van der Waals surface area contributed by atoms with Crippen LogP contribution in [0, 0.1) is 0 Å². The number of benzene rings is 1. The second-order valence-corrected chi connectivity index (χ2v) is 9.37. The van der Waals surface area contributed by atoms with Crippen molar-refractivity contribution in [1.82, 2.24) is 10.3 Å². The highest BCUT2D eigenvalue weighted by Crippen LogP contribution is 2.28. The fourth-order valence-corrected chi connectivity index (χ4v) is 4.49. The third kappa shape index (κ3) is 4.15. The van der Waals surface area contributed by atoms with Gasteiger partial charge in [-0.2, -0.15) is 0 Å². The maximum atomic E-state index is 12.4. The summed E-state index contributed by atoms with van der Waals surface area (Å²) in [6.45, 7) is 1.85. The van der Waals surface area contributed by atoms with Gasteiger partial charge in [-0.15, -0.1) is 22.7 Å². The Balaban J connectivity index is 1.70. The van der Waals surface area contributed by atoms with E-state index in [1.54, 1.807) is 41.0 Å². The molecular formula is C17H16N2O3S3. The van der Waals surface area contributed by atoms with Crippen molar-refractivity contribution in [2.45, 2.75) is 17.9 Å². The Kier molecular flexibility index (Phi) is 5.03. The summed E-state index contributed by atoms with van der Waals surface area (Å²) in [6.07, 6.45) is 1.17. The molecule has 25 heavy (non-hydrogen) atoms.